The Kier molecular flexibility index (Phi) is 5.84. The molecule has 0 spiro atoms. The highest BCUT2D eigenvalue weighted by atomic mass is 16.5. The summed E-state index contributed by atoms with van der Waals surface area (Å²) in [6.45, 7) is 10.1. The highest BCUT2D eigenvalue weighted by molar-refractivity contribution is 5.57. The number of hydrogen-bond donors (Lipinski definition) is 1. The molecule has 1 aromatic rings. The molecule has 118 valence electrons. The standard InChI is InChI=1S/C19H26N2O/c1-4-15(3)12-18(5-2)22-14-17(20)13-21-11-10-16-8-6-7-9-19(16)21/h4-9,12,17H,1,10-11,13-14,20H2,2-3H3/b15-12-,18-5+. The Morgan fingerprint density at radius 3 is 2.95 bits per heavy atom. The fraction of sp³-hybridized carbons (Fsp3) is 0.368. The fourth-order valence-electron chi connectivity index (χ4n) is 2.63. The smallest absolute Gasteiger partial charge is 0.115 e. The van der Waals surface area contributed by atoms with Gasteiger partial charge in [-0.3, -0.25) is 0 Å². The second-order valence-electron chi connectivity index (χ2n) is 5.68. The predicted molar refractivity (Wildman–Crippen MR) is 94.0 cm³/mol. The van der Waals surface area contributed by atoms with Gasteiger partial charge in [0.15, 0.2) is 0 Å². The third-order valence-electron chi connectivity index (χ3n) is 3.88. The van der Waals surface area contributed by atoms with Crippen LogP contribution in [0.4, 0.5) is 5.69 Å². The van der Waals surface area contributed by atoms with Crippen molar-refractivity contribution in [3.63, 3.8) is 0 Å². The Morgan fingerprint density at radius 1 is 1.45 bits per heavy atom. The third kappa shape index (κ3) is 4.25. The first kappa shape index (κ1) is 16.4. The first-order chi connectivity index (χ1) is 10.6. The number of fused-ring (bicyclic) bond motifs is 1. The molecule has 0 saturated carbocycles. The Morgan fingerprint density at radius 2 is 2.23 bits per heavy atom. The van der Waals surface area contributed by atoms with Gasteiger partial charge in [-0.1, -0.05) is 30.9 Å². The number of anilines is 1. The Hall–Kier alpha value is -2.00. The van der Waals surface area contributed by atoms with E-state index in [-0.39, 0.29) is 6.04 Å². The largest absolute Gasteiger partial charge is 0.492 e. The van der Waals surface area contributed by atoms with Crippen LogP contribution in [0.15, 0.2) is 60.4 Å². The van der Waals surface area contributed by atoms with Gasteiger partial charge in [0.2, 0.25) is 0 Å². The number of nitrogens with zero attached hydrogens (tertiary/aromatic N) is 1. The van der Waals surface area contributed by atoms with Crippen LogP contribution in [0.25, 0.3) is 0 Å². The SMILES string of the molecule is C=C/C(C)=C\C(=C/C)OCC(N)CN1CCc2ccccc21. The molecule has 0 bridgehead atoms. The lowest BCUT2D eigenvalue weighted by atomic mass is 10.2. The van der Waals surface area contributed by atoms with E-state index in [4.69, 9.17) is 10.5 Å². The van der Waals surface area contributed by atoms with Gasteiger partial charge in [-0.15, -0.1) is 0 Å². The molecule has 0 amide bonds. The summed E-state index contributed by atoms with van der Waals surface area (Å²) >= 11 is 0. The van der Waals surface area contributed by atoms with Crippen molar-refractivity contribution in [1.29, 1.82) is 0 Å². The van der Waals surface area contributed by atoms with Crippen LogP contribution in [-0.4, -0.2) is 25.7 Å². The second-order valence-corrected chi connectivity index (χ2v) is 5.68. The number of benzene rings is 1. The van der Waals surface area contributed by atoms with Gasteiger partial charge in [0, 0.05) is 18.8 Å². The van der Waals surface area contributed by atoms with Crippen LogP contribution in [0.5, 0.6) is 0 Å². The summed E-state index contributed by atoms with van der Waals surface area (Å²) in [6.07, 6.45) is 6.84. The summed E-state index contributed by atoms with van der Waals surface area (Å²) in [5.41, 5.74) is 10.0. The quantitative estimate of drug-likeness (QED) is 0.619. The molecule has 0 radical (unpaired) electrons. The van der Waals surface area contributed by atoms with E-state index in [2.05, 4.69) is 35.7 Å². The molecule has 1 atom stereocenters. The Labute approximate surface area is 133 Å². The minimum Gasteiger partial charge on any atom is -0.492 e. The monoisotopic (exact) mass is 298 g/mol. The minimum absolute atomic E-state index is 0.0152. The molecule has 1 heterocycles. The zero-order valence-corrected chi connectivity index (χ0v) is 13.6. The van der Waals surface area contributed by atoms with Crippen molar-refractivity contribution in [1.82, 2.24) is 0 Å². The maximum absolute atomic E-state index is 6.24. The van der Waals surface area contributed by atoms with Crippen molar-refractivity contribution in [2.45, 2.75) is 26.3 Å². The molecule has 1 aromatic carbocycles. The van der Waals surface area contributed by atoms with Gasteiger partial charge >= 0.3 is 0 Å². The molecular weight excluding hydrogens is 272 g/mol. The van der Waals surface area contributed by atoms with Gasteiger partial charge in [0.25, 0.3) is 0 Å². The van der Waals surface area contributed by atoms with E-state index in [0.29, 0.717) is 6.61 Å². The predicted octanol–water partition coefficient (Wildman–Crippen LogP) is 3.43. The lowest BCUT2D eigenvalue weighted by molar-refractivity contribution is 0.204. The highest BCUT2D eigenvalue weighted by Gasteiger charge is 2.20. The van der Waals surface area contributed by atoms with Gasteiger partial charge in [0.1, 0.15) is 12.4 Å². The maximum Gasteiger partial charge on any atom is 0.115 e. The first-order valence-corrected chi connectivity index (χ1v) is 7.82. The number of hydrogen-bond acceptors (Lipinski definition) is 3. The van der Waals surface area contributed by atoms with Gasteiger partial charge in [-0.05, 0) is 49.6 Å². The molecule has 2 rings (SSSR count). The molecule has 0 fully saturated rings. The molecular formula is C19H26N2O. The molecule has 1 unspecified atom stereocenters. The zero-order valence-electron chi connectivity index (χ0n) is 13.6. The van der Waals surface area contributed by atoms with Crippen molar-refractivity contribution in [3.8, 4) is 0 Å². The summed E-state index contributed by atoms with van der Waals surface area (Å²) in [7, 11) is 0. The van der Waals surface area contributed by atoms with Crippen LogP contribution in [0.1, 0.15) is 19.4 Å². The molecule has 0 aliphatic carbocycles. The van der Waals surface area contributed by atoms with Crippen LogP contribution in [0.3, 0.4) is 0 Å². The van der Waals surface area contributed by atoms with Crippen LogP contribution in [0.2, 0.25) is 0 Å². The maximum atomic E-state index is 6.24. The fourth-order valence-corrected chi connectivity index (χ4v) is 2.63. The van der Waals surface area contributed by atoms with Crippen LogP contribution >= 0.6 is 0 Å². The van der Waals surface area contributed by atoms with Gasteiger partial charge in [-0.25, -0.2) is 0 Å². The van der Waals surface area contributed by atoms with Gasteiger partial charge in [-0.2, -0.15) is 0 Å². The Balaban J connectivity index is 1.86. The lowest BCUT2D eigenvalue weighted by Crippen LogP contribution is -2.39. The van der Waals surface area contributed by atoms with Crippen LogP contribution < -0.4 is 10.6 Å². The van der Waals surface area contributed by atoms with E-state index >= 15 is 0 Å². The number of nitrogens with two attached hydrogens (primary N) is 1. The summed E-state index contributed by atoms with van der Waals surface area (Å²) in [5, 5.41) is 0. The molecule has 3 nitrogen and oxygen atoms in total. The highest BCUT2D eigenvalue weighted by Crippen LogP contribution is 2.27. The van der Waals surface area contributed by atoms with Crippen LogP contribution in [0, 0.1) is 0 Å². The van der Waals surface area contributed by atoms with Crippen LogP contribution in [-0.2, 0) is 11.2 Å². The van der Waals surface area contributed by atoms with E-state index in [0.717, 1.165) is 30.8 Å². The van der Waals surface area contributed by atoms with Crippen molar-refractivity contribution in [2.24, 2.45) is 5.73 Å². The number of allylic oxidation sites excluding steroid dienone is 4. The normalized spacial score (nSPS) is 16.4. The third-order valence-corrected chi connectivity index (χ3v) is 3.88. The summed E-state index contributed by atoms with van der Waals surface area (Å²) in [4.78, 5) is 2.35. The topological polar surface area (TPSA) is 38.5 Å². The summed E-state index contributed by atoms with van der Waals surface area (Å²) < 4.78 is 5.81. The first-order valence-electron chi connectivity index (χ1n) is 7.82. The number of rotatable bonds is 7. The lowest BCUT2D eigenvalue weighted by Gasteiger charge is -2.24. The summed E-state index contributed by atoms with van der Waals surface area (Å²) in [6, 6.07) is 8.53. The average molecular weight is 298 g/mol. The van der Waals surface area contributed by atoms with Crippen molar-refractivity contribution in [2.75, 3.05) is 24.6 Å². The van der Waals surface area contributed by atoms with Gasteiger partial charge < -0.3 is 15.4 Å². The van der Waals surface area contributed by atoms with Crippen molar-refractivity contribution in [3.05, 3.63) is 66.0 Å². The zero-order chi connectivity index (χ0) is 15.9. The average Bonchev–Trinajstić information content (AvgIpc) is 2.94. The molecule has 0 aromatic heterocycles. The van der Waals surface area contributed by atoms with E-state index in [1.807, 2.05) is 32.1 Å². The number of ether oxygens (including phenoxy) is 1. The molecule has 0 saturated heterocycles. The van der Waals surface area contributed by atoms with E-state index < -0.39 is 0 Å². The Bertz CT molecular complexity index is 575. The van der Waals surface area contributed by atoms with Crippen molar-refractivity contribution < 1.29 is 4.74 Å². The van der Waals surface area contributed by atoms with Gasteiger partial charge in [0.05, 0.1) is 6.04 Å². The molecule has 2 N–H and O–H groups in total. The molecule has 1 aliphatic rings. The number of para-hydroxylation sites is 1. The molecule has 22 heavy (non-hydrogen) atoms. The van der Waals surface area contributed by atoms with Crippen molar-refractivity contribution >= 4 is 5.69 Å². The van der Waals surface area contributed by atoms with E-state index in [9.17, 15) is 0 Å². The molecule has 1 aliphatic heterocycles. The second kappa shape index (κ2) is 7.85. The minimum atomic E-state index is -0.0152. The molecule has 3 heteroatoms. The van der Waals surface area contributed by atoms with E-state index in [1.54, 1.807) is 0 Å². The summed E-state index contributed by atoms with van der Waals surface area (Å²) in [5.74, 6) is 0.842. The van der Waals surface area contributed by atoms with E-state index in [1.165, 1.54) is 11.3 Å².